The van der Waals surface area contributed by atoms with Gasteiger partial charge in [-0.2, -0.15) is 5.21 Å². The normalized spacial score (nSPS) is 21.4. The van der Waals surface area contributed by atoms with Crippen LogP contribution >= 0.6 is 0 Å². The largest absolute Gasteiger partial charge is 0.573 e. The minimum absolute atomic E-state index is 0.0549. The number of carbonyl (C=O) groups is 2. The molecule has 10 nitrogen and oxygen atoms in total. The van der Waals surface area contributed by atoms with Gasteiger partial charge in [0.15, 0.2) is 0 Å². The molecule has 0 atom stereocenters. The Morgan fingerprint density at radius 1 is 1.12 bits per heavy atom. The van der Waals surface area contributed by atoms with Gasteiger partial charge in [0.05, 0.1) is 12.1 Å². The summed E-state index contributed by atoms with van der Waals surface area (Å²) in [6.45, 7) is 7.33. The Morgan fingerprint density at radius 2 is 1.83 bits per heavy atom. The Hall–Kier alpha value is -4.16. The molecule has 3 amide bonds. The Balaban J connectivity index is 1.39. The molecule has 0 unspecified atom stereocenters. The summed E-state index contributed by atoms with van der Waals surface area (Å²) in [5.41, 5.74) is 1.22. The zero-order valence-corrected chi connectivity index (χ0v) is 23.0. The number of amides is 3. The topological polar surface area (TPSA) is 116 Å². The van der Waals surface area contributed by atoms with Crippen LogP contribution in [-0.4, -0.2) is 55.9 Å². The van der Waals surface area contributed by atoms with Crippen molar-refractivity contribution in [1.29, 1.82) is 0 Å². The third kappa shape index (κ3) is 6.28. The maximum atomic E-state index is 13.9. The molecule has 2 heterocycles. The van der Waals surface area contributed by atoms with Crippen molar-refractivity contribution in [2.24, 2.45) is 11.3 Å². The summed E-state index contributed by atoms with van der Waals surface area (Å²) >= 11 is 0. The van der Waals surface area contributed by atoms with Gasteiger partial charge in [0.25, 0.3) is 11.9 Å². The summed E-state index contributed by atoms with van der Waals surface area (Å²) in [4.78, 5) is 29.8. The quantitative estimate of drug-likeness (QED) is 0.388. The van der Waals surface area contributed by atoms with Crippen LogP contribution in [0.1, 0.15) is 62.4 Å². The average Bonchev–Trinajstić information content (AvgIpc) is 3.50. The minimum Gasteiger partial charge on any atom is -0.406 e. The molecule has 1 spiro atoms. The van der Waals surface area contributed by atoms with Gasteiger partial charge in [0, 0.05) is 23.9 Å². The maximum Gasteiger partial charge on any atom is 0.573 e. The lowest BCUT2D eigenvalue weighted by molar-refractivity contribution is -0.274. The molecule has 1 aliphatic heterocycles. The van der Waals surface area contributed by atoms with Gasteiger partial charge in [-0.05, 0) is 72.1 Å². The van der Waals surface area contributed by atoms with Crippen molar-refractivity contribution in [2.45, 2.75) is 64.9 Å². The second kappa shape index (κ2) is 10.7. The number of hydrogen-bond acceptors (Lipinski definition) is 6. The van der Waals surface area contributed by atoms with Crippen molar-refractivity contribution < 1.29 is 27.5 Å². The van der Waals surface area contributed by atoms with Crippen molar-refractivity contribution in [3.05, 3.63) is 59.7 Å². The second-order valence-electron chi connectivity index (χ2n) is 11.8. The molecule has 5 rings (SSSR count). The summed E-state index contributed by atoms with van der Waals surface area (Å²) in [7, 11) is 0. The van der Waals surface area contributed by atoms with E-state index < -0.39 is 17.8 Å². The highest BCUT2D eigenvalue weighted by Gasteiger charge is 2.52. The standard InChI is InChI=1S/C28H32F3N7O3/c1-26(2,3)20-11-13-27(14-12-20)17-37(21-5-4-6-22(15-21)41-28(29,30)31)25(40)38(27)16-18-7-9-19(10-8-18)23(39)32-24-33-35-36-34-24/h4-10,15,20H,11-14,16-17H2,1-3H3,(H2,32,33,34,35,36,39). The van der Waals surface area contributed by atoms with Gasteiger partial charge in [-0.3, -0.25) is 15.0 Å². The smallest absolute Gasteiger partial charge is 0.406 e. The molecule has 1 aliphatic carbocycles. The zero-order chi connectivity index (χ0) is 29.4. The van der Waals surface area contributed by atoms with Crippen molar-refractivity contribution in [3.63, 3.8) is 0 Å². The number of anilines is 2. The lowest BCUT2D eigenvalue weighted by atomic mass is 9.67. The maximum absolute atomic E-state index is 13.9. The molecule has 2 N–H and O–H groups in total. The highest BCUT2D eigenvalue weighted by Crippen LogP contribution is 2.48. The molecule has 2 aromatic carbocycles. The molecule has 1 aromatic heterocycles. The molecule has 1 saturated carbocycles. The van der Waals surface area contributed by atoms with Gasteiger partial charge >= 0.3 is 12.4 Å². The Kier molecular flexibility index (Phi) is 7.39. The average molecular weight is 572 g/mol. The summed E-state index contributed by atoms with van der Waals surface area (Å²) in [5, 5.41) is 15.6. The molecule has 0 bridgehead atoms. The van der Waals surface area contributed by atoms with Crippen LogP contribution in [-0.2, 0) is 6.54 Å². The fourth-order valence-electron chi connectivity index (χ4n) is 5.86. The second-order valence-corrected chi connectivity index (χ2v) is 11.8. The third-order valence-corrected chi connectivity index (χ3v) is 8.12. The van der Waals surface area contributed by atoms with E-state index in [4.69, 9.17) is 0 Å². The van der Waals surface area contributed by atoms with Crippen LogP contribution in [0.2, 0.25) is 0 Å². The summed E-state index contributed by atoms with van der Waals surface area (Å²) in [6.07, 6.45) is -1.40. The number of carbonyl (C=O) groups excluding carboxylic acids is 2. The molecule has 1 saturated heterocycles. The van der Waals surface area contributed by atoms with E-state index in [2.05, 4.69) is 51.4 Å². The zero-order valence-electron chi connectivity index (χ0n) is 23.0. The van der Waals surface area contributed by atoms with Gasteiger partial charge in [0.1, 0.15) is 5.75 Å². The Morgan fingerprint density at radius 3 is 2.44 bits per heavy atom. The number of aromatic amines is 1. The SMILES string of the molecule is CC(C)(C)C1CCC2(CC1)CN(c1cccc(OC(F)(F)F)c1)C(=O)N2Cc1ccc(C(=O)Nc2nn[nH]n2)cc1. The first kappa shape index (κ1) is 28.4. The predicted octanol–water partition coefficient (Wildman–Crippen LogP) is 5.77. The van der Waals surface area contributed by atoms with Crippen LogP contribution in [0, 0.1) is 11.3 Å². The molecule has 2 fully saturated rings. The number of halogens is 3. The van der Waals surface area contributed by atoms with E-state index in [9.17, 15) is 22.8 Å². The number of rotatable bonds is 6. The fraction of sp³-hybridized carbons (Fsp3) is 0.464. The summed E-state index contributed by atoms with van der Waals surface area (Å²) in [6, 6.07) is 12.2. The molecule has 0 radical (unpaired) electrons. The lowest BCUT2D eigenvalue weighted by Gasteiger charge is -2.45. The number of alkyl halides is 3. The Labute approximate surface area is 235 Å². The third-order valence-electron chi connectivity index (χ3n) is 8.12. The number of hydrogen-bond donors (Lipinski definition) is 2. The van der Waals surface area contributed by atoms with Crippen LogP contribution in [0.25, 0.3) is 0 Å². The summed E-state index contributed by atoms with van der Waals surface area (Å²) in [5.74, 6) is -0.222. The van der Waals surface area contributed by atoms with E-state index in [1.165, 1.54) is 18.2 Å². The van der Waals surface area contributed by atoms with Gasteiger partial charge < -0.3 is 9.64 Å². The van der Waals surface area contributed by atoms with Crippen LogP contribution in [0.4, 0.5) is 29.6 Å². The van der Waals surface area contributed by atoms with Gasteiger partial charge in [0.2, 0.25) is 0 Å². The molecule has 13 heteroatoms. The van der Waals surface area contributed by atoms with E-state index >= 15 is 0 Å². The highest BCUT2D eigenvalue weighted by atomic mass is 19.4. The van der Waals surface area contributed by atoms with Crippen LogP contribution in [0.5, 0.6) is 5.75 Å². The van der Waals surface area contributed by atoms with E-state index in [-0.39, 0.29) is 23.1 Å². The fourth-order valence-corrected chi connectivity index (χ4v) is 5.86. The first-order valence-corrected chi connectivity index (χ1v) is 13.4. The predicted molar refractivity (Wildman–Crippen MR) is 144 cm³/mol. The number of urea groups is 1. The first-order valence-electron chi connectivity index (χ1n) is 13.4. The molecular weight excluding hydrogens is 539 g/mol. The minimum atomic E-state index is -4.83. The van der Waals surface area contributed by atoms with Crippen LogP contribution < -0.4 is 15.0 Å². The van der Waals surface area contributed by atoms with E-state index in [1.54, 1.807) is 35.2 Å². The van der Waals surface area contributed by atoms with Crippen LogP contribution in [0.15, 0.2) is 48.5 Å². The van der Waals surface area contributed by atoms with Crippen LogP contribution in [0.3, 0.4) is 0 Å². The molecule has 3 aromatic rings. The van der Waals surface area contributed by atoms with Gasteiger partial charge in [-0.1, -0.05) is 44.1 Å². The van der Waals surface area contributed by atoms with E-state index in [0.717, 1.165) is 31.2 Å². The van der Waals surface area contributed by atoms with Gasteiger partial charge in [-0.15, -0.1) is 18.3 Å². The number of ether oxygens (including phenoxy) is 1. The van der Waals surface area contributed by atoms with E-state index in [0.29, 0.717) is 30.3 Å². The molecular formula is C28H32F3N7O3. The number of nitrogens with zero attached hydrogens (tertiary/aromatic N) is 5. The highest BCUT2D eigenvalue weighted by molar-refractivity contribution is 6.03. The van der Waals surface area contributed by atoms with Gasteiger partial charge in [-0.25, -0.2) is 4.79 Å². The summed E-state index contributed by atoms with van der Waals surface area (Å²) < 4.78 is 42.7. The number of aromatic nitrogens is 4. The Bertz CT molecular complexity index is 1380. The monoisotopic (exact) mass is 571 g/mol. The molecule has 41 heavy (non-hydrogen) atoms. The molecule has 218 valence electrons. The van der Waals surface area contributed by atoms with E-state index in [1.807, 2.05) is 4.90 Å². The van der Waals surface area contributed by atoms with Crippen molar-refractivity contribution >= 4 is 23.6 Å². The number of benzene rings is 2. The van der Waals surface area contributed by atoms with Crippen molar-refractivity contribution in [3.8, 4) is 5.75 Å². The van der Waals surface area contributed by atoms with Crippen molar-refractivity contribution in [1.82, 2.24) is 25.5 Å². The lowest BCUT2D eigenvalue weighted by Crippen LogP contribution is -2.50. The number of H-pyrrole nitrogens is 1. The van der Waals surface area contributed by atoms with Crippen molar-refractivity contribution in [2.75, 3.05) is 16.8 Å². The number of tetrazole rings is 1. The first-order chi connectivity index (χ1) is 19.3. The number of nitrogens with one attached hydrogen (secondary N) is 2. The molecule has 2 aliphatic rings.